The van der Waals surface area contributed by atoms with Crippen molar-refractivity contribution in [2.75, 3.05) is 11.4 Å². The number of amides is 1. The molecular formula is C12H11FN2O. The maximum atomic E-state index is 13.1. The van der Waals surface area contributed by atoms with E-state index < -0.39 is 0 Å². The molecule has 1 amide bonds. The Morgan fingerprint density at radius 3 is 3.00 bits per heavy atom. The van der Waals surface area contributed by atoms with Crippen LogP contribution in [0.1, 0.15) is 18.4 Å². The van der Waals surface area contributed by atoms with Crippen molar-refractivity contribution in [1.82, 2.24) is 0 Å². The molecule has 82 valence electrons. The van der Waals surface area contributed by atoms with Gasteiger partial charge in [0.1, 0.15) is 5.82 Å². The lowest BCUT2D eigenvalue weighted by molar-refractivity contribution is -0.118. The first-order chi connectivity index (χ1) is 7.72. The Kier molecular flexibility index (Phi) is 2.86. The molecular weight excluding hydrogens is 207 g/mol. The summed E-state index contributed by atoms with van der Waals surface area (Å²) in [6.45, 7) is 0.339. The predicted octanol–water partition coefficient (Wildman–Crippen LogP) is 2.02. The Morgan fingerprint density at radius 1 is 1.44 bits per heavy atom. The lowest BCUT2D eigenvalue weighted by Crippen LogP contribution is -2.35. The summed E-state index contributed by atoms with van der Waals surface area (Å²) >= 11 is 0. The molecule has 0 spiro atoms. The summed E-state index contributed by atoms with van der Waals surface area (Å²) < 4.78 is 13.1. The van der Waals surface area contributed by atoms with E-state index in [0.717, 1.165) is 5.56 Å². The lowest BCUT2D eigenvalue weighted by Gasteiger charge is -2.28. The minimum atomic E-state index is -0.351. The van der Waals surface area contributed by atoms with E-state index in [1.807, 2.05) is 6.07 Å². The molecule has 0 radical (unpaired) electrons. The van der Waals surface area contributed by atoms with Crippen LogP contribution in [0, 0.1) is 17.1 Å². The third-order valence-corrected chi connectivity index (χ3v) is 2.69. The highest BCUT2D eigenvalue weighted by Gasteiger charge is 2.23. The fourth-order valence-electron chi connectivity index (χ4n) is 1.92. The topological polar surface area (TPSA) is 44.1 Å². The van der Waals surface area contributed by atoms with Gasteiger partial charge in [-0.1, -0.05) is 6.07 Å². The normalized spacial score (nSPS) is 14.5. The molecule has 1 aliphatic heterocycles. The van der Waals surface area contributed by atoms with Crippen LogP contribution in [0.5, 0.6) is 0 Å². The number of benzene rings is 1. The van der Waals surface area contributed by atoms with Gasteiger partial charge in [-0.25, -0.2) is 4.39 Å². The summed E-state index contributed by atoms with van der Waals surface area (Å²) in [5, 5.41) is 8.52. The van der Waals surface area contributed by atoms with E-state index in [0.29, 0.717) is 25.1 Å². The number of hydrogen-bond donors (Lipinski definition) is 0. The first-order valence-corrected chi connectivity index (χ1v) is 5.18. The molecule has 1 heterocycles. The zero-order valence-electron chi connectivity index (χ0n) is 8.74. The van der Waals surface area contributed by atoms with E-state index in [-0.39, 0.29) is 18.1 Å². The second kappa shape index (κ2) is 4.31. The number of nitrogens with zero attached hydrogens (tertiary/aromatic N) is 2. The summed E-state index contributed by atoms with van der Waals surface area (Å²) in [5.41, 5.74) is 1.59. The third kappa shape index (κ3) is 1.89. The molecule has 1 aromatic rings. The molecule has 1 aromatic carbocycles. The van der Waals surface area contributed by atoms with Crippen LogP contribution >= 0.6 is 0 Å². The summed E-state index contributed by atoms with van der Waals surface area (Å²) in [5.74, 6) is -0.385. The summed E-state index contributed by atoms with van der Waals surface area (Å²) in [4.78, 5) is 13.2. The fourth-order valence-corrected chi connectivity index (χ4v) is 1.92. The van der Waals surface area contributed by atoms with Gasteiger partial charge < -0.3 is 4.90 Å². The van der Waals surface area contributed by atoms with Crippen LogP contribution in [0.2, 0.25) is 0 Å². The van der Waals surface area contributed by atoms with Crippen LogP contribution in [-0.2, 0) is 11.2 Å². The minimum Gasteiger partial charge on any atom is -0.311 e. The van der Waals surface area contributed by atoms with E-state index in [1.54, 1.807) is 6.07 Å². The van der Waals surface area contributed by atoms with Crippen molar-refractivity contribution in [2.24, 2.45) is 0 Å². The first kappa shape index (κ1) is 10.6. The Bertz CT molecular complexity index is 465. The zero-order valence-corrected chi connectivity index (χ0v) is 8.74. The van der Waals surface area contributed by atoms with Crippen molar-refractivity contribution in [3.8, 4) is 6.07 Å². The molecule has 16 heavy (non-hydrogen) atoms. The Labute approximate surface area is 93.1 Å². The zero-order chi connectivity index (χ0) is 11.5. The SMILES string of the molecule is N#CCCN1C(=O)CCc2ccc(F)cc21. The largest absolute Gasteiger partial charge is 0.311 e. The molecule has 0 N–H and O–H groups in total. The molecule has 0 atom stereocenters. The molecule has 0 bridgehead atoms. The van der Waals surface area contributed by atoms with Crippen molar-refractivity contribution in [3.63, 3.8) is 0 Å². The molecule has 0 aliphatic carbocycles. The van der Waals surface area contributed by atoms with E-state index in [9.17, 15) is 9.18 Å². The van der Waals surface area contributed by atoms with Gasteiger partial charge in [0.25, 0.3) is 0 Å². The number of hydrogen-bond acceptors (Lipinski definition) is 2. The number of nitriles is 1. The number of anilines is 1. The molecule has 0 aromatic heterocycles. The van der Waals surface area contributed by atoms with Crippen LogP contribution in [-0.4, -0.2) is 12.5 Å². The molecule has 0 fully saturated rings. The van der Waals surface area contributed by atoms with Crippen molar-refractivity contribution >= 4 is 11.6 Å². The average molecular weight is 218 g/mol. The van der Waals surface area contributed by atoms with Gasteiger partial charge in [-0.2, -0.15) is 5.26 Å². The fraction of sp³-hybridized carbons (Fsp3) is 0.333. The van der Waals surface area contributed by atoms with Gasteiger partial charge in [-0.05, 0) is 24.1 Å². The van der Waals surface area contributed by atoms with E-state index in [2.05, 4.69) is 0 Å². The highest BCUT2D eigenvalue weighted by Crippen LogP contribution is 2.28. The van der Waals surface area contributed by atoms with Gasteiger partial charge in [-0.3, -0.25) is 4.79 Å². The average Bonchev–Trinajstić information content (AvgIpc) is 2.28. The molecule has 4 heteroatoms. The maximum Gasteiger partial charge on any atom is 0.227 e. The van der Waals surface area contributed by atoms with E-state index in [1.165, 1.54) is 17.0 Å². The summed E-state index contributed by atoms with van der Waals surface area (Å²) in [6.07, 6.45) is 1.35. The standard InChI is InChI=1S/C12H11FN2O/c13-10-4-2-9-3-5-12(16)15(7-1-6-14)11(9)8-10/h2,4,8H,1,3,5,7H2. The van der Waals surface area contributed by atoms with Gasteiger partial charge in [0.2, 0.25) is 5.91 Å². The van der Waals surface area contributed by atoms with Gasteiger partial charge in [0.05, 0.1) is 12.5 Å². The lowest BCUT2D eigenvalue weighted by atomic mass is 10.0. The second-order valence-electron chi connectivity index (χ2n) is 3.73. The monoisotopic (exact) mass is 218 g/mol. The molecule has 0 unspecified atom stereocenters. The molecule has 0 saturated heterocycles. The van der Waals surface area contributed by atoms with Gasteiger partial charge in [-0.15, -0.1) is 0 Å². The Morgan fingerprint density at radius 2 is 2.25 bits per heavy atom. The number of fused-ring (bicyclic) bond motifs is 1. The number of carbonyl (C=O) groups excluding carboxylic acids is 1. The summed E-state index contributed by atoms with van der Waals surface area (Å²) in [6, 6.07) is 6.46. The van der Waals surface area contributed by atoms with Gasteiger partial charge in [0.15, 0.2) is 0 Å². The van der Waals surface area contributed by atoms with Crippen molar-refractivity contribution in [3.05, 3.63) is 29.6 Å². The van der Waals surface area contributed by atoms with Crippen molar-refractivity contribution < 1.29 is 9.18 Å². The van der Waals surface area contributed by atoms with Gasteiger partial charge in [0, 0.05) is 18.7 Å². The summed E-state index contributed by atoms with van der Waals surface area (Å²) in [7, 11) is 0. The quantitative estimate of drug-likeness (QED) is 0.762. The maximum absolute atomic E-state index is 13.1. The van der Waals surface area contributed by atoms with Crippen LogP contribution in [0.4, 0.5) is 10.1 Å². The molecule has 1 aliphatic rings. The number of carbonyl (C=O) groups is 1. The number of rotatable bonds is 2. The highest BCUT2D eigenvalue weighted by atomic mass is 19.1. The minimum absolute atomic E-state index is 0.0339. The van der Waals surface area contributed by atoms with Crippen LogP contribution in [0.15, 0.2) is 18.2 Å². The Balaban J connectivity index is 2.35. The smallest absolute Gasteiger partial charge is 0.227 e. The van der Waals surface area contributed by atoms with E-state index >= 15 is 0 Å². The highest BCUT2D eigenvalue weighted by molar-refractivity contribution is 5.96. The van der Waals surface area contributed by atoms with Gasteiger partial charge >= 0.3 is 0 Å². The van der Waals surface area contributed by atoms with Crippen molar-refractivity contribution in [1.29, 1.82) is 5.26 Å². The van der Waals surface area contributed by atoms with E-state index in [4.69, 9.17) is 5.26 Å². The number of aryl methyl sites for hydroxylation is 1. The Hall–Kier alpha value is -1.89. The van der Waals surface area contributed by atoms with Crippen LogP contribution < -0.4 is 4.90 Å². The van der Waals surface area contributed by atoms with Crippen molar-refractivity contribution in [2.45, 2.75) is 19.3 Å². The first-order valence-electron chi connectivity index (χ1n) is 5.18. The predicted molar refractivity (Wildman–Crippen MR) is 57.3 cm³/mol. The molecule has 0 saturated carbocycles. The van der Waals surface area contributed by atoms with Crippen LogP contribution in [0.3, 0.4) is 0 Å². The number of halogens is 1. The third-order valence-electron chi connectivity index (χ3n) is 2.69. The van der Waals surface area contributed by atoms with Crippen LogP contribution in [0.25, 0.3) is 0 Å². The second-order valence-corrected chi connectivity index (χ2v) is 3.73. The molecule has 3 nitrogen and oxygen atoms in total. The molecule has 2 rings (SSSR count).